The van der Waals surface area contributed by atoms with Gasteiger partial charge in [-0.2, -0.15) is 0 Å². The van der Waals surface area contributed by atoms with Gasteiger partial charge in [0.25, 0.3) is 0 Å². The Kier molecular flexibility index (Phi) is 14.2. The zero-order valence-electron chi connectivity index (χ0n) is 37.5. The third kappa shape index (κ3) is 8.66. The number of fused-ring (bicyclic) bond motifs is 2. The average Bonchev–Trinajstić information content (AvgIpc) is 3.89. The predicted molar refractivity (Wildman–Crippen MR) is 264 cm³/mol. The van der Waals surface area contributed by atoms with Gasteiger partial charge in [0.05, 0.1) is 0 Å². The van der Waals surface area contributed by atoms with E-state index in [0.717, 1.165) is 12.8 Å². The van der Waals surface area contributed by atoms with Crippen molar-refractivity contribution < 1.29 is 15.6 Å². The van der Waals surface area contributed by atoms with E-state index in [1.54, 1.807) is 11.1 Å². The molecule has 4 aliphatic rings. The van der Waals surface area contributed by atoms with E-state index in [4.69, 9.17) is 0 Å². The topological polar surface area (TPSA) is 0 Å². The van der Waals surface area contributed by atoms with Gasteiger partial charge in [-0.15, -0.1) is 0 Å². The number of hydrogen-bond acceptors (Lipinski definition) is 0. The van der Waals surface area contributed by atoms with Gasteiger partial charge in [-0.05, 0) is 0 Å². The van der Waals surface area contributed by atoms with Crippen molar-refractivity contribution in [2.75, 3.05) is 0 Å². The second-order valence-corrected chi connectivity index (χ2v) is 62.8. The summed E-state index contributed by atoms with van der Waals surface area (Å²) in [5.74, 6) is -1.76. The molecule has 0 aliphatic heterocycles. The molecule has 0 amide bonds. The second kappa shape index (κ2) is 19.0. The molecular weight excluding hydrogens is 863 g/mol. The first-order valence-corrected chi connectivity index (χ1v) is 40.8. The molecule has 0 nitrogen and oxygen atoms in total. The van der Waals surface area contributed by atoms with Crippen molar-refractivity contribution in [2.24, 2.45) is 10.8 Å². The van der Waals surface area contributed by atoms with Crippen molar-refractivity contribution in [1.82, 2.24) is 0 Å². The normalized spacial score (nSPS) is 22.7. The van der Waals surface area contributed by atoms with Crippen molar-refractivity contribution in [2.45, 2.75) is 163 Å². The third-order valence-electron chi connectivity index (χ3n) is 16.7. The van der Waals surface area contributed by atoms with Gasteiger partial charge in [0.1, 0.15) is 0 Å². The molecule has 60 heavy (non-hydrogen) atoms. The number of hydrogen-bond donors (Lipinski definition) is 0. The standard InChI is InChI=1S/2C27H33.C2H7Si.2ClH.Zr/c2*1-2-27(17-10-5-3-4-6-11-18-27)21-22-19-24-15-12-16-25(26(24)20-22)23-13-8-7-9-14-23;1-3-2;;;/h2*7-9,12-16,19-20H,2-6,10-11,17-18,21H2,1H3;3H,1-2H3;2*1H;/q;;;;;+2/p-2. The molecule has 0 bridgehead atoms. The number of benzene rings is 4. The van der Waals surface area contributed by atoms with Crippen molar-refractivity contribution in [3.05, 3.63) is 130 Å². The van der Waals surface area contributed by atoms with Gasteiger partial charge in [0, 0.05) is 0 Å². The van der Waals surface area contributed by atoms with Crippen LogP contribution in [0.4, 0.5) is 0 Å². The van der Waals surface area contributed by atoms with Crippen molar-refractivity contribution >= 4 is 35.1 Å². The summed E-state index contributed by atoms with van der Waals surface area (Å²) in [4.78, 5) is 0. The van der Waals surface area contributed by atoms with Crippen LogP contribution < -0.4 is 0 Å². The molecule has 2 saturated carbocycles. The minimum absolute atomic E-state index is 0.106. The Balaban J connectivity index is 1.35. The third-order valence-corrected chi connectivity index (χ3v) is 68.5. The van der Waals surface area contributed by atoms with Gasteiger partial charge >= 0.3 is 377 Å². The first-order valence-electron chi connectivity index (χ1n) is 24.5. The molecule has 0 radical (unpaired) electrons. The average molecular weight is 936 g/mol. The van der Waals surface area contributed by atoms with Gasteiger partial charge in [-0.1, -0.05) is 0 Å². The first-order chi connectivity index (χ1) is 29.1. The zero-order valence-corrected chi connectivity index (χ0v) is 42.6. The number of rotatable bonds is 11. The van der Waals surface area contributed by atoms with Crippen LogP contribution in [0.15, 0.2) is 108 Å². The summed E-state index contributed by atoms with van der Waals surface area (Å²) in [6, 6.07) is 36.6. The van der Waals surface area contributed by atoms with Crippen LogP contribution in [-0.4, -0.2) is 5.92 Å². The maximum atomic E-state index is 9.32. The SMILES string of the molecule is CCC1(CC2=Cc3c(-c4ccccc4)cccc3[CH]2[Zr]([Cl])([Cl])([CH]2C(CC3(CC)CCCCCCCC3)=Cc3c(-c4ccccc4)cccc32)[SiH](C)C)CCCCCCCC1. The fourth-order valence-corrected chi connectivity index (χ4v) is 44.2. The molecule has 0 heterocycles. The van der Waals surface area contributed by atoms with Gasteiger partial charge in [0.15, 0.2) is 0 Å². The zero-order chi connectivity index (χ0) is 41.8. The molecule has 4 aliphatic carbocycles. The Morgan fingerprint density at radius 2 is 0.833 bits per heavy atom. The Bertz CT molecular complexity index is 1980. The second-order valence-electron chi connectivity index (χ2n) is 20.3. The van der Waals surface area contributed by atoms with E-state index >= 15 is 0 Å². The fraction of sp³-hybridized carbons (Fsp3) is 0.500. The Hall–Kier alpha value is -1.96. The summed E-state index contributed by atoms with van der Waals surface area (Å²) in [6.07, 6.45) is 31.7. The minimum atomic E-state index is -5.13. The molecule has 2 fully saturated rings. The molecule has 4 heteroatoms. The van der Waals surface area contributed by atoms with Crippen LogP contribution in [-0.2, 0) is 15.6 Å². The van der Waals surface area contributed by atoms with Gasteiger partial charge in [-0.3, -0.25) is 0 Å². The van der Waals surface area contributed by atoms with Crippen LogP contribution >= 0.6 is 17.0 Å². The molecule has 4 aromatic rings. The summed E-state index contributed by atoms with van der Waals surface area (Å²) in [6.45, 7) is 10.1. The van der Waals surface area contributed by atoms with Gasteiger partial charge < -0.3 is 0 Å². The van der Waals surface area contributed by atoms with Crippen molar-refractivity contribution in [1.29, 1.82) is 0 Å². The molecule has 2 atom stereocenters. The van der Waals surface area contributed by atoms with Crippen LogP contribution in [0.5, 0.6) is 0 Å². The predicted octanol–water partition coefficient (Wildman–Crippen LogP) is 18.4. The van der Waals surface area contributed by atoms with Crippen LogP contribution in [0.1, 0.15) is 172 Å². The molecule has 0 spiro atoms. The molecule has 8 rings (SSSR count). The van der Waals surface area contributed by atoms with E-state index in [2.05, 4.69) is 136 Å². The van der Waals surface area contributed by atoms with Crippen LogP contribution in [0.25, 0.3) is 34.4 Å². The molecule has 319 valence electrons. The van der Waals surface area contributed by atoms with E-state index in [-0.39, 0.29) is 18.1 Å². The summed E-state index contributed by atoms with van der Waals surface area (Å²) >= 11 is -5.13. The molecule has 2 unspecified atom stereocenters. The summed E-state index contributed by atoms with van der Waals surface area (Å²) in [5, 5.41) is 0. The molecule has 0 saturated heterocycles. The Morgan fingerprint density at radius 1 is 0.483 bits per heavy atom. The quantitative estimate of drug-likeness (QED) is 0.132. The van der Waals surface area contributed by atoms with E-state index in [1.165, 1.54) is 160 Å². The molecule has 0 N–H and O–H groups in total. The summed E-state index contributed by atoms with van der Waals surface area (Å²) in [7, 11) is 18.6. The van der Waals surface area contributed by atoms with Crippen LogP contribution in [0.3, 0.4) is 0 Å². The summed E-state index contributed by atoms with van der Waals surface area (Å²) in [5.41, 5.74) is 14.7. The Labute approximate surface area is 373 Å². The monoisotopic (exact) mass is 933 g/mol. The van der Waals surface area contributed by atoms with Gasteiger partial charge in [-0.25, -0.2) is 0 Å². The fourth-order valence-electron chi connectivity index (χ4n) is 13.0. The van der Waals surface area contributed by atoms with Crippen molar-refractivity contribution in [3.8, 4) is 22.3 Å². The molecule has 4 aromatic carbocycles. The van der Waals surface area contributed by atoms with Crippen LogP contribution in [0.2, 0.25) is 13.1 Å². The van der Waals surface area contributed by atoms with E-state index in [9.17, 15) is 17.0 Å². The maximum absolute atomic E-state index is 9.32. The number of halogens is 2. The Morgan fingerprint density at radius 3 is 1.17 bits per heavy atom. The first kappa shape index (κ1) is 44.6. The molecular formula is C56H73Cl2SiZr. The number of allylic oxidation sites excluding steroid dienone is 2. The van der Waals surface area contributed by atoms with E-state index in [1.807, 2.05) is 0 Å². The van der Waals surface area contributed by atoms with Crippen LogP contribution in [0, 0.1) is 10.8 Å². The van der Waals surface area contributed by atoms with Crippen molar-refractivity contribution in [3.63, 3.8) is 0 Å². The van der Waals surface area contributed by atoms with E-state index < -0.39 is 21.5 Å². The van der Waals surface area contributed by atoms with Gasteiger partial charge in [0.2, 0.25) is 0 Å². The summed E-state index contributed by atoms with van der Waals surface area (Å²) < 4.78 is 0.211. The van der Waals surface area contributed by atoms with E-state index in [0.29, 0.717) is 0 Å². The molecule has 0 aromatic heterocycles.